The summed E-state index contributed by atoms with van der Waals surface area (Å²) in [6.45, 7) is 6.33. The highest BCUT2D eigenvalue weighted by Gasteiger charge is 2.26. The van der Waals surface area contributed by atoms with Crippen LogP contribution < -0.4 is 0 Å². The van der Waals surface area contributed by atoms with Crippen molar-refractivity contribution in [2.75, 3.05) is 6.54 Å². The predicted octanol–water partition coefficient (Wildman–Crippen LogP) is 3.79. The quantitative estimate of drug-likeness (QED) is 0.842. The zero-order valence-corrected chi connectivity index (χ0v) is 14.6. The lowest BCUT2D eigenvalue weighted by molar-refractivity contribution is 0.183. The van der Waals surface area contributed by atoms with Crippen molar-refractivity contribution in [2.45, 2.75) is 65.0 Å². The Morgan fingerprint density at radius 3 is 2.91 bits per heavy atom. The Morgan fingerprint density at radius 2 is 2.17 bits per heavy atom. The van der Waals surface area contributed by atoms with Crippen molar-refractivity contribution in [1.29, 1.82) is 0 Å². The molecule has 2 aromatic rings. The molecule has 126 valence electrons. The van der Waals surface area contributed by atoms with Gasteiger partial charge < -0.3 is 4.52 Å². The lowest BCUT2D eigenvalue weighted by Gasteiger charge is -2.28. The first-order valence-electron chi connectivity index (χ1n) is 8.86. The normalized spacial score (nSPS) is 19.9. The van der Waals surface area contributed by atoms with Gasteiger partial charge in [-0.1, -0.05) is 24.9 Å². The molecule has 0 bridgehead atoms. The van der Waals surface area contributed by atoms with Crippen LogP contribution >= 0.6 is 0 Å². The third-order valence-corrected chi connectivity index (χ3v) is 4.77. The van der Waals surface area contributed by atoms with Crippen LogP contribution in [-0.2, 0) is 20.0 Å². The molecule has 0 N–H and O–H groups in total. The third kappa shape index (κ3) is 3.83. The molecule has 5 nitrogen and oxygen atoms in total. The number of hydrogen-bond donors (Lipinski definition) is 0. The molecular weight excluding hydrogens is 288 g/mol. The zero-order valence-electron chi connectivity index (χ0n) is 14.6. The number of hydrogen-bond acceptors (Lipinski definition) is 4. The summed E-state index contributed by atoms with van der Waals surface area (Å²) in [6, 6.07) is 2.54. The van der Waals surface area contributed by atoms with E-state index in [1.165, 1.54) is 24.8 Å². The fraction of sp³-hybridized carbons (Fsp3) is 0.667. The van der Waals surface area contributed by atoms with E-state index >= 15 is 0 Å². The number of nitrogens with zero attached hydrogens (tertiary/aromatic N) is 4. The van der Waals surface area contributed by atoms with E-state index < -0.39 is 0 Å². The van der Waals surface area contributed by atoms with E-state index in [0.29, 0.717) is 6.04 Å². The van der Waals surface area contributed by atoms with Gasteiger partial charge in [-0.25, -0.2) is 0 Å². The lowest BCUT2D eigenvalue weighted by atomic mass is 10.1. The summed E-state index contributed by atoms with van der Waals surface area (Å²) >= 11 is 0. The summed E-state index contributed by atoms with van der Waals surface area (Å²) in [6.07, 6.45) is 9.21. The van der Waals surface area contributed by atoms with Crippen molar-refractivity contribution in [3.05, 3.63) is 35.0 Å². The zero-order chi connectivity index (χ0) is 16.2. The molecule has 23 heavy (non-hydrogen) atoms. The van der Waals surface area contributed by atoms with Crippen molar-refractivity contribution in [2.24, 2.45) is 7.05 Å². The second-order valence-corrected chi connectivity index (χ2v) is 6.72. The Hall–Kier alpha value is -1.62. The minimum absolute atomic E-state index is 0.367. The van der Waals surface area contributed by atoms with Crippen molar-refractivity contribution in [3.8, 4) is 0 Å². The molecule has 0 aromatic carbocycles. The molecule has 1 aliphatic heterocycles. The van der Waals surface area contributed by atoms with Gasteiger partial charge in [0.05, 0.1) is 11.7 Å². The maximum Gasteiger partial charge on any atom is 0.137 e. The van der Waals surface area contributed by atoms with Gasteiger partial charge in [-0.2, -0.15) is 5.10 Å². The van der Waals surface area contributed by atoms with Gasteiger partial charge in [-0.3, -0.25) is 9.58 Å². The smallest absolute Gasteiger partial charge is 0.137 e. The fourth-order valence-electron chi connectivity index (χ4n) is 3.56. The number of aromatic nitrogens is 3. The summed E-state index contributed by atoms with van der Waals surface area (Å²) < 4.78 is 7.44. The first-order valence-corrected chi connectivity index (χ1v) is 8.86. The van der Waals surface area contributed by atoms with Crippen molar-refractivity contribution in [1.82, 2.24) is 19.8 Å². The van der Waals surface area contributed by atoms with Crippen LogP contribution in [0, 0.1) is 6.92 Å². The summed E-state index contributed by atoms with van der Waals surface area (Å²) in [5, 5.41) is 8.86. The average Bonchev–Trinajstić information content (AvgIpc) is 3.01. The van der Waals surface area contributed by atoms with Crippen LogP contribution in [0.15, 0.2) is 16.8 Å². The molecule has 0 unspecified atom stereocenters. The molecule has 1 fully saturated rings. The van der Waals surface area contributed by atoms with Crippen LogP contribution in [0.1, 0.15) is 67.8 Å². The second kappa shape index (κ2) is 7.30. The Morgan fingerprint density at radius 1 is 1.30 bits per heavy atom. The summed E-state index contributed by atoms with van der Waals surface area (Å²) in [7, 11) is 1.99. The SMILES string of the molecule is CCCc1cc([C@@H]2CCCCCN2Cc2cn(C)nc2C)no1. The summed E-state index contributed by atoms with van der Waals surface area (Å²) in [5.74, 6) is 1.02. The van der Waals surface area contributed by atoms with Crippen LogP contribution in [0.3, 0.4) is 0 Å². The van der Waals surface area contributed by atoms with E-state index in [1.54, 1.807) is 0 Å². The molecule has 0 saturated carbocycles. The monoisotopic (exact) mass is 316 g/mol. The molecule has 1 saturated heterocycles. The van der Waals surface area contributed by atoms with Gasteiger partial charge in [-0.05, 0) is 32.7 Å². The fourth-order valence-corrected chi connectivity index (χ4v) is 3.56. The van der Waals surface area contributed by atoms with Gasteiger partial charge in [0.25, 0.3) is 0 Å². The first kappa shape index (κ1) is 16.2. The van der Waals surface area contributed by atoms with E-state index in [2.05, 4.69) is 41.3 Å². The summed E-state index contributed by atoms with van der Waals surface area (Å²) in [4.78, 5) is 2.56. The van der Waals surface area contributed by atoms with Gasteiger partial charge >= 0.3 is 0 Å². The molecule has 0 radical (unpaired) electrons. The third-order valence-electron chi connectivity index (χ3n) is 4.77. The van der Waals surface area contributed by atoms with Gasteiger partial charge in [0.2, 0.25) is 0 Å². The highest BCUT2D eigenvalue weighted by atomic mass is 16.5. The van der Waals surface area contributed by atoms with E-state index in [9.17, 15) is 0 Å². The van der Waals surface area contributed by atoms with Crippen LogP contribution in [0.5, 0.6) is 0 Å². The Labute approximate surface area is 138 Å². The van der Waals surface area contributed by atoms with Crippen LogP contribution in [0.4, 0.5) is 0 Å². The molecule has 2 aromatic heterocycles. The molecular formula is C18H28N4O. The first-order chi connectivity index (χ1) is 11.2. The molecule has 1 aliphatic rings. The number of likely N-dealkylation sites (tertiary alicyclic amines) is 1. The maximum atomic E-state index is 5.53. The van der Waals surface area contributed by atoms with Crippen LogP contribution in [-0.4, -0.2) is 26.4 Å². The topological polar surface area (TPSA) is 47.1 Å². The molecule has 0 aliphatic carbocycles. The molecule has 3 rings (SSSR count). The average molecular weight is 316 g/mol. The van der Waals surface area contributed by atoms with Crippen LogP contribution in [0.25, 0.3) is 0 Å². The molecule has 1 atom stereocenters. The minimum Gasteiger partial charge on any atom is -0.361 e. The van der Waals surface area contributed by atoms with E-state index in [0.717, 1.165) is 49.5 Å². The summed E-state index contributed by atoms with van der Waals surface area (Å²) in [5.41, 5.74) is 3.55. The van der Waals surface area contributed by atoms with Gasteiger partial charge in [0, 0.05) is 37.8 Å². The largest absolute Gasteiger partial charge is 0.361 e. The van der Waals surface area contributed by atoms with E-state index in [1.807, 2.05) is 11.7 Å². The highest BCUT2D eigenvalue weighted by Crippen LogP contribution is 2.31. The Balaban J connectivity index is 1.80. The van der Waals surface area contributed by atoms with Crippen molar-refractivity contribution in [3.63, 3.8) is 0 Å². The second-order valence-electron chi connectivity index (χ2n) is 6.72. The van der Waals surface area contributed by atoms with Gasteiger partial charge in [-0.15, -0.1) is 0 Å². The number of aryl methyl sites for hydroxylation is 3. The number of rotatable bonds is 5. The predicted molar refractivity (Wildman–Crippen MR) is 90.1 cm³/mol. The van der Waals surface area contributed by atoms with Gasteiger partial charge in [0.15, 0.2) is 0 Å². The van der Waals surface area contributed by atoms with Crippen molar-refractivity contribution < 1.29 is 4.52 Å². The Bertz CT molecular complexity index is 631. The molecule has 5 heteroatoms. The molecule has 0 spiro atoms. The van der Waals surface area contributed by atoms with Crippen LogP contribution in [0.2, 0.25) is 0 Å². The van der Waals surface area contributed by atoms with Crippen molar-refractivity contribution >= 4 is 0 Å². The van der Waals surface area contributed by atoms with E-state index in [-0.39, 0.29) is 0 Å². The standard InChI is InChI=1S/C18H28N4O/c1-4-8-16-11-17(20-23-16)18-9-6-5-7-10-22(18)13-15-12-21(3)19-14(15)2/h11-12,18H,4-10,13H2,1-3H3/t18-/m0/s1. The lowest BCUT2D eigenvalue weighted by Crippen LogP contribution is -2.28. The highest BCUT2D eigenvalue weighted by molar-refractivity contribution is 5.17. The maximum absolute atomic E-state index is 5.53. The molecule has 3 heterocycles. The molecule has 0 amide bonds. The van der Waals surface area contributed by atoms with E-state index in [4.69, 9.17) is 4.52 Å². The minimum atomic E-state index is 0.367. The Kier molecular flexibility index (Phi) is 5.16. The van der Waals surface area contributed by atoms with Gasteiger partial charge in [0.1, 0.15) is 11.5 Å².